The average Bonchev–Trinajstić information content (AvgIpc) is 3.32. The van der Waals surface area contributed by atoms with Crippen LogP contribution in [0, 0.1) is 13.8 Å². The van der Waals surface area contributed by atoms with E-state index in [4.69, 9.17) is 15.1 Å². The molecule has 0 N–H and O–H groups in total. The van der Waals surface area contributed by atoms with E-state index in [1.165, 1.54) is 0 Å². The normalized spacial score (nSPS) is 13.0. The molecule has 7 nitrogen and oxygen atoms in total. The standard InChI is InChI=1S/C22H23N7/c1-13(21-26-22-15(3)24-12-14(2)29(22)27-21)7-10-19-25-20-16-6-5-11-23-17(16)8-9-18(20)28(19)4/h5-6,8-9,11-13H,7,10H2,1-4H3. The third kappa shape index (κ3) is 2.85. The van der Waals surface area contributed by atoms with Crippen LogP contribution in [0.3, 0.4) is 0 Å². The summed E-state index contributed by atoms with van der Waals surface area (Å²) in [6.07, 6.45) is 5.44. The zero-order valence-corrected chi connectivity index (χ0v) is 17.1. The molecule has 5 aromatic rings. The molecule has 29 heavy (non-hydrogen) atoms. The molecule has 0 saturated carbocycles. The molecule has 4 aromatic heterocycles. The Kier molecular flexibility index (Phi) is 4.04. The zero-order valence-electron chi connectivity index (χ0n) is 17.1. The van der Waals surface area contributed by atoms with Crippen LogP contribution in [0.1, 0.15) is 42.3 Å². The molecule has 0 aliphatic carbocycles. The lowest BCUT2D eigenvalue weighted by Gasteiger charge is -2.07. The average molecular weight is 385 g/mol. The van der Waals surface area contributed by atoms with E-state index in [0.29, 0.717) is 0 Å². The van der Waals surface area contributed by atoms with Gasteiger partial charge in [-0.05, 0) is 44.5 Å². The van der Waals surface area contributed by atoms with Crippen molar-refractivity contribution in [2.45, 2.75) is 39.5 Å². The van der Waals surface area contributed by atoms with Crippen molar-refractivity contribution in [2.75, 3.05) is 0 Å². The highest BCUT2D eigenvalue weighted by molar-refractivity contribution is 6.02. The van der Waals surface area contributed by atoms with Crippen molar-refractivity contribution in [3.05, 3.63) is 59.7 Å². The van der Waals surface area contributed by atoms with Gasteiger partial charge in [-0.15, -0.1) is 0 Å². The van der Waals surface area contributed by atoms with Gasteiger partial charge >= 0.3 is 0 Å². The molecule has 0 bridgehead atoms. The molecule has 146 valence electrons. The Morgan fingerprint density at radius 1 is 1.07 bits per heavy atom. The molecule has 0 saturated heterocycles. The maximum absolute atomic E-state index is 4.94. The largest absolute Gasteiger partial charge is 0.331 e. The number of hydrogen-bond acceptors (Lipinski definition) is 5. The van der Waals surface area contributed by atoms with E-state index < -0.39 is 0 Å². The lowest BCUT2D eigenvalue weighted by atomic mass is 10.0. The Bertz CT molecular complexity index is 1320. The summed E-state index contributed by atoms with van der Waals surface area (Å²) in [5, 5.41) is 5.82. The van der Waals surface area contributed by atoms with Crippen molar-refractivity contribution in [3.63, 3.8) is 0 Å². The molecule has 0 fully saturated rings. The van der Waals surface area contributed by atoms with Gasteiger partial charge < -0.3 is 4.57 Å². The van der Waals surface area contributed by atoms with E-state index in [2.05, 4.69) is 46.7 Å². The van der Waals surface area contributed by atoms with Gasteiger partial charge in [0.15, 0.2) is 11.5 Å². The molecule has 5 rings (SSSR count). The molecule has 4 heterocycles. The zero-order chi connectivity index (χ0) is 20.1. The van der Waals surface area contributed by atoms with Crippen molar-refractivity contribution in [1.82, 2.24) is 34.1 Å². The van der Waals surface area contributed by atoms with Gasteiger partial charge in [0.25, 0.3) is 0 Å². The summed E-state index contributed by atoms with van der Waals surface area (Å²) in [6.45, 7) is 6.15. The number of aryl methyl sites for hydroxylation is 4. The molecular formula is C22H23N7. The highest BCUT2D eigenvalue weighted by Gasteiger charge is 2.17. The van der Waals surface area contributed by atoms with E-state index >= 15 is 0 Å². The van der Waals surface area contributed by atoms with Crippen LogP contribution >= 0.6 is 0 Å². The van der Waals surface area contributed by atoms with Crippen LogP contribution in [0.5, 0.6) is 0 Å². The topological polar surface area (TPSA) is 73.8 Å². The first-order valence-corrected chi connectivity index (χ1v) is 9.91. The molecule has 1 unspecified atom stereocenters. The number of imidazole rings is 1. The van der Waals surface area contributed by atoms with Crippen LogP contribution in [0.25, 0.3) is 27.6 Å². The van der Waals surface area contributed by atoms with Crippen molar-refractivity contribution in [2.24, 2.45) is 7.05 Å². The summed E-state index contributed by atoms with van der Waals surface area (Å²) in [6, 6.07) is 8.22. The van der Waals surface area contributed by atoms with Gasteiger partial charge in [0, 0.05) is 37.2 Å². The SMILES string of the molecule is Cc1ncc(C)n2nc(C(C)CCc3nc4c5cccnc5ccc4n3C)nc12. The van der Waals surface area contributed by atoms with E-state index in [1.807, 2.05) is 36.8 Å². The molecule has 0 amide bonds. The molecule has 7 heteroatoms. The van der Waals surface area contributed by atoms with E-state index in [1.54, 1.807) is 0 Å². The summed E-state index contributed by atoms with van der Waals surface area (Å²) in [5.41, 5.74) is 5.87. The fourth-order valence-electron chi connectivity index (χ4n) is 3.87. The Labute approximate surface area is 168 Å². The van der Waals surface area contributed by atoms with Gasteiger partial charge in [0.05, 0.1) is 27.9 Å². The third-order valence-corrected chi connectivity index (χ3v) is 5.69. The third-order valence-electron chi connectivity index (χ3n) is 5.69. The minimum Gasteiger partial charge on any atom is -0.331 e. The number of benzene rings is 1. The number of rotatable bonds is 4. The fraction of sp³-hybridized carbons (Fsp3) is 0.318. The first kappa shape index (κ1) is 17.7. The van der Waals surface area contributed by atoms with Crippen LogP contribution in [-0.4, -0.2) is 34.1 Å². The van der Waals surface area contributed by atoms with Gasteiger partial charge in [0.1, 0.15) is 5.82 Å². The lowest BCUT2D eigenvalue weighted by Crippen LogP contribution is -2.03. The fourth-order valence-corrected chi connectivity index (χ4v) is 3.87. The van der Waals surface area contributed by atoms with Crippen LogP contribution in [0.4, 0.5) is 0 Å². The van der Waals surface area contributed by atoms with Crippen LogP contribution in [-0.2, 0) is 13.5 Å². The first-order chi connectivity index (χ1) is 14.0. The lowest BCUT2D eigenvalue weighted by molar-refractivity contribution is 0.613. The van der Waals surface area contributed by atoms with E-state index in [9.17, 15) is 0 Å². The summed E-state index contributed by atoms with van der Waals surface area (Å²) >= 11 is 0. The van der Waals surface area contributed by atoms with Crippen molar-refractivity contribution < 1.29 is 0 Å². The highest BCUT2D eigenvalue weighted by Crippen LogP contribution is 2.26. The number of aromatic nitrogens is 7. The Morgan fingerprint density at radius 2 is 1.93 bits per heavy atom. The summed E-state index contributed by atoms with van der Waals surface area (Å²) in [5.74, 6) is 2.16. The second-order valence-electron chi connectivity index (χ2n) is 7.72. The predicted molar refractivity (Wildman–Crippen MR) is 113 cm³/mol. The second-order valence-corrected chi connectivity index (χ2v) is 7.72. The van der Waals surface area contributed by atoms with E-state index in [0.717, 1.165) is 63.5 Å². The molecule has 0 aliphatic heterocycles. The highest BCUT2D eigenvalue weighted by atomic mass is 15.3. The Balaban J connectivity index is 1.44. The van der Waals surface area contributed by atoms with Crippen LogP contribution < -0.4 is 0 Å². The van der Waals surface area contributed by atoms with Crippen LogP contribution in [0.15, 0.2) is 36.7 Å². The predicted octanol–water partition coefficient (Wildman–Crippen LogP) is 3.91. The van der Waals surface area contributed by atoms with Crippen LogP contribution in [0.2, 0.25) is 0 Å². The maximum atomic E-state index is 4.94. The minimum atomic E-state index is 0.229. The molecule has 0 aliphatic rings. The molecule has 0 spiro atoms. The van der Waals surface area contributed by atoms with Gasteiger partial charge in [-0.2, -0.15) is 5.10 Å². The Hall–Kier alpha value is -3.35. The van der Waals surface area contributed by atoms with Gasteiger partial charge in [-0.3, -0.25) is 9.97 Å². The van der Waals surface area contributed by atoms with Crippen molar-refractivity contribution in [1.29, 1.82) is 0 Å². The first-order valence-electron chi connectivity index (χ1n) is 9.91. The molecule has 1 atom stereocenters. The van der Waals surface area contributed by atoms with Gasteiger partial charge in [0.2, 0.25) is 0 Å². The quantitative estimate of drug-likeness (QED) is 0.469. The summed E-state index contributed by atoms with van der Waals surface area (Å²) in [7, 11) is 2.08. The molecular weight excluding hydrogens is 362 g/mol. The van der Waals surface area contributed by atoms with Crippen molar-refractivity contribution in [3.8, 4) is 0 Å². The Morgan fingerprint density at radius 3 is 2.76 bits per heavy atom. The minimum absolute atomic E-state index is 0.229. The monoisotopic (exact) mass is 385 g/mol. The number of pyridine rings is 1. The van der Waals surface area contributed by atoms with Crippen molar-refractivity contribution >= 4 is 27.6 Å². The number of nitrogens with zero attached hydrogens (tertiary/aromatic N) is 7. The van der Waals surface area contributed by atoms with E-state index in [-0.39, 0.29) is 5.92 Å². The number of hydrogen-bond donors (Lipinski definition) is 0. The molecule has 1 aromatic carbocycles. The smallest absolute Gasteiger partial charge is 0.177 e. The van der Waals surface area contributed by atoms with Gasteiger partial charge in [-0.1, -0.05) is 6.92 Å². The second kappa shape index (κ2) is 6.62. The maximum Gasteiger partial charge on any atom is 0.177 e. The number of fused-ring (bicyclic) bond motifs is 4. The summed E-state index contributed by atoms with van der Waals surface area (Å²) < 4.78 is 4.08. The van der Waals surface area contributed by atoms with Gasteiger partial charge in [-0.25, -0.2) is 14.5 Å². The molecule has 0 radical (unpaired) electrons. The summed E-state index contributed by atoms with van der Waals surface area (Å²) in [4.78, 5) is 18.5.